The summed E-state index contributed by atoms with van der Waals surface area (Å²) in [6.45, 7) is 0. The Morgan fingerprint density at radius 2 is 2.00 bits per heavy atom. The number of benzene rings is 1. The highest BCUT2D eigenvalue weighted by Crippen LogP contribution is 2.25. The summed E-state index contributed by atoms with van der Waals surface area (Å²) in [5, 5.41) is 14.5. The van der Waals surface area contributed by atoms with Crippen molar-refractivity contribution in [2.45, 2.75) is 25.3 Å². The number of rotatable bonds is 3. The normalized spacial score (nSPS) is 21.9. The molecule has 1 aliphatic carbocycles. The van der Waals surface area contributed by atoms with Gasteiger partial charge in [0.2, 0.25) is 0 Å². The fraction of sp³-hybridized carbons (Fsp3) is 0.385. The van der Waals surface area contributed by atoms with Crippen molar-refractivity contribution < 1.29 is 14.7 Å². The van der Waals surface area contributed by atoms with Gasteiger partial charge in [0.25, 0.3) is 0 Å². The van der Waals surface area contributed by atoms with Crippen LogP contribution in [0.2, 0.25) is 0 Å². The largest absolute Gasteiger partial charge is 0.481 e. The number of aliphatic carboxylic acids is 1. The Hall–Kier alpha value is -1.31. The molecule has 0 aromatic heterocycles. The van der Waals surface area contributed by atoms with Crippen LogP contribution in [0.3, 0.4) is 0 Å². The third-order valence-corrected chi connectivity index (χ3v) is 4.18. The van der Waals surface area contributed by atoms with Crippen LogP contribution in [0.25, 0.3) is 0 Å². The van der Waals surface area contributed by atoms with E-state index >= 15 is 0 Å². The summed E-state index contributed by atoms with van der Waals surface area (Å²) in [7, 11) is 0. The van der Waals surface area contributed by atoms with E-state index < -0.39 is 5.97 Å². The molecule has 1 aromatic carbocycles. The number of hydrogen-bond donors (Lipinski definition) is 3. The fourth-order valence-corrected chi connectivity index (χ4v) is 2.77. The molecule has 102 valence electrons. The minimum atomic E-state index is -0.776. The van der Waals surface area contributed by atoms with Crippen molar-refractivity contribution in [3.05, 3.63) is 27.8 Å². The van der Waals surface area contributed by atoms with Crippen molar-refractivity contribution in [1.82, 2.24) is 5.32 Å². The first-order chi connectivity index (χ1) is 9.06. The average molecular weight is 374 g/mol. The van der Waals surface area contributed by atoms with Crippen LogP contribution in [0.1, 0.15) is 19.3 Å². The maximum absolute atomic E-state index is 11.8. The molecule has 1 aromatic rings. The van der Waals surface area contributed by atoms with Gasteiger partial charge in [-0.3, -0.25) is 4.79 Å². The van der Waals surface area contributed by atoms with Gasteiger partial charge in [0.05, 0.1) is 11.6 Å². The van der Waals surface area contributed by atoms with Crippen molar-refractivity contribution in [2.75, 3.05) is 5.32 Å². The van der Waals surface area contributed by atoms with Crippen LogP contribution >= 0.6 is 22.6 Å². The van der Waals surface area contributed by atoms with E-state index in [0.717, 1.165) is 15.7 Å². The smallest absolute Gasteiger partial charge is 0.319 e. The Bertz CT molecular complexity index is 493. The molecular weight excluding hydrogens is 359 g/mol. The molecule has 2 atom stereocenters. The molecule has 3 N–H and O–H groups in total. The molecule has 5 nitrogen and oxygen atoms in total. The number of hydrogen-bond acceptors (Lipinski definition) is 2. The number of halogens is 1. The summed E-state index contributed by atoms with van der Waals surface area (Å²) in [4.78, 5) is 22.7. The molecule has 0 radical (unpaired) electrons. The Labute approximate surface area is 124 Å². The Morgan fingerprint density at radius 3 is 2.63 bits per heavy atom. The zero-order valence-electron chi connectivity index (χ0n) is 10.2. The minimum absolute atomic E-state index is 0.0533. The quantitative estimate of drug-likeness (QED) is 0.712. The maximum Gasteiger partial charge on any atom is 0.319 e. The zero-order chi connectivity index (χ0) is 13.8. The predicted molar refractivity (Wildman–Crippen MR) is 80.1 cm³/mol. The molecule has 1 saturated carbocycles. The van der Waals surface area contributed by atoms with Crippen molar-refractivity contribution in [3.8, 4) is 0 Å². The second-order valence-corrected chi connectivity index (χ2v) is 5.79. The highest BCUT2D eigenvalue weighted by Gasteiger charge is 2.30. The summed E-state index contributed by atoms with van der Waals surface area (Å²) in [6.07, 6.45) is 1.86. The molecule has 19 heavy (non-hydrogen) atoms. The van der Waals surface area contributed by atoms with E-state index in [9.17, 15) is 9.59 Å². The lowest BCUT2D eigenvalue weighted by Gasteiger charge is -2.14. The molecule has 0 heterocycles. The molecule has 1 fully saturated rings. The van der Waals surface area contributed by atoms with Gasteiger partial charge in [-0.1, -0.05) is 12.1 Å². The average Bonchev–Trinajstić information content (AvgIpc) is 2.80. The van der Waals surface area contributed by atoms with E-state index in [1.54, 1.807) is 0 Å². The van der Waals surface area contributed by atoms with Gasteiger partial charge >= 0.3 is 12.0 Å². The van der Waals surface area contributed by atoms with Gasteiger partial charge in [-0.25, -0.2) is 4.79 Å². The standard InChI is InChI=1S/C13H15IN2O3/c14-10-3-1-2-4-11(10)16-13(19)15-9-6-5-8(7-9)12(17)18/h1-4,8-9H,5-7H2,(H,17,18)(H2,15,16,19)/t8-,9+/m1/s1. The molecule has 0 saturated heterocycles. The Kier molecular flexibility index (Phi) is 4.62. The minimum Gasteiger partial charge on any atom is -0.481 e. The van der Waals surface area contributed by atoms with Gasteiger partial charge < -0.3 is 15.7 Å². The number of nitrogens with one attached hydrogen (secondary N) is 2. The van der Waals surface area contributed by atoms with Crippen LogP contribution in [-0.2, 0) is 4.79 Å². The fourth-order valence-electron chi connectivity index (χ4n) is 2.24. The van der Waals surface area contributed by atoms with Gasteiger partial charge in [-0.15, -0.1) is 0 Å². The van der Waals surface area contributed by atoms with Gasteiger partial charge in [0, 0.05) is 9.61 Å². The third kappa shape index (κ3) is 3.82. The first-order valence-electron chi connectivity index (χ1n) is 6.11. The maximum atomic E-state index is 11.8. The molecule has 0 unspecified atom stereocenters. The van der Waals surface area contributed by atoms with Crippen LogP contribution in [0.5, 0.6) is 0 Å². The zero-order valence-corrected chi connectivity index (χ0v) is 12.4. The number of urea groups is 1. The molecule has 1 aliphatic rings. The summed E-state index contributed by atoms with van der Waals surface area (Å²) in [6, 6.07) is 7.16. The monoisotopic (exact) mass is 374 g/mol. The SMILES string of the molecule is O=C(Nc1ccccc1I)N[C@H]1CC[C@@H](C(=O)O)C1. The summed E-state index contributed by atoms with van der Waals surface area (Å²) < 4.78 is 0.963. The third-order valence-electron chi connectivity index (χ3n) is 3.24. The van der Waals surface area contributed by atoms with Gasteiger partial charge in [0.1, 0.15) is 0 Å². The van der Waals surface area contributed by atoms with Crippen LogP contribution in [0, 0.1) is 9.49 Å². The van der Waals surface area contributed by atoms with Gasteiger partial charge in [0.15, 0.2) is 0 Å². The van der Waals surface area contributed by atoms with Crippen molar-refractivity contribution >= 4 is 40.3 Å². The lowest BCUT2D eigenvalue weighted by atomic mass is 10.1. The van der Waals surface area contributed by atoms with Crippen LogP contribution in [0.4, 0.5) is 10.5 Å². The summed E-state index contributed by atoms with van der Waals surface area (Å²) in [5.41, 5.74) is 0.758. The Balaban J connectivity index is 1.86. The number of para-hydroxylation sites is 1. The van der Waals surface area contributed by atoms with Crippen LogP contribution < -0.4 is 10.6 Å². The Morgan fingerprint density at radius 1 is 1.26 bits per heavy atom. The number of anilines is 1. The molecule has 0 aliphatic heterocycles. The predicted octanol–water partition coefficient (Wildman–Crippen LogP) is 2.67. The first-order valence-corrected chi connectivity index (χ1v) is 7.19. The molecule has 6 heteroatoms. The number of carboxylic acid groups (broad SMARTS) is 1. The number of carbonyl (C=O) groups is 2. The highest BCUT2D eigenvalue weighted by atomic mass is 127. The van der Waals surface area contributed by atoms with Crippen molar-refractivity contribution in [3.63, 3.8) is 0 Å². The lowest BCUT2D eigenvalue weighted by molar-refractivity contribution is -0.141. The van der Waals surface area contributed by atoms with Crippen LogP contribution in [0.15, 0.2) is 24.3 Å². The van der Waals surface area contributed by atoms with Gasteiger partial charge in [-0.2, -0.15) is 0 Å². The van der Waals surface area contributed by atoms with E-state index in [-0.39, 0.29) is 18.0 Å². The van der Waals surface area contributed by atoms with E-state index in [0.29, 0.717) is 12.8 Å². The molecule has 0 bridgehead atoms. The first kappa shape index (κ1) is 14.1. The second-order valence-electron chi connectivity index (χ2n) is 4.62. The number of carbonyl (C=O) groups excluding carboxylic acids is 1. The van der Waals surface area contributed by atoms with Crippen molar-refractivity contribution in [2.24, 2.45) is 5.92 Å². The highest BCUT2D eigenvalue weighted by molar-refractivity contribution is 14.1. The molecule has 2 rings (SSSR count). The summed E-state index contributed by atoms with van der Waals surface area (Å²) in [5.74, 6) is -1.11. The number of amides is 2. The molecule has 2 amide bonds. The topological polar surface area (TPSA) is 78.4 Å². The lowest BCUT2D eigenvalue weighted by Crippen LogP contribution is -2.36. The van der Waals surface area contributed by atoms with Crippen LogP contribution in [-0.4, -0.2) is 23.1 Å². The number of carboxylic acids is 1. The molecule has 0 spiro atoms. The second kappa shape index (κ2) is 6.23. The van der Waals surface area contributed by atoms with E-state index in [1.807, 2.05) is 24.3 Å². The van der Waals surface area contributed by atoms with E-state index in [2.05, 4.69) is 33.2 Å². The van der Waals surface area contributed by atoms with E-state index in [1.165, 1.54) is 0 Å². The van der Waals surface area contributed by atoms with Crippen molar-refractivity contribution in [1.29, 1.82) is 0 Å². The summed E-state index contributed by atoms with van der Waals surface area (Å²) >= 11 is 2.15. The van der Waals surface area contributed by atoms with E-state index in [4.69, 9.17) is 5.11 Å². The molecular formula is C13H15IN2O3. The van der Waals surface area contributed by atoms with Gasteiger partial charge in [-0.05, 0) is 54.0 Å².